The Morgan fingerprint density at radius 3 is 2.09 bits per heavy atom. The molecule has 0 radical (unpaired) electrons. The molecule has 2 fully saturated rings. The maximum absolute atomic E-state index is 13.4. The van der Waals surface area contributed by atoms with Gasteiger partial charge in [0.05, 0.1) is 21.3 Å². The third-order valence-electron chi connectivity index (χ3n) is 6.58. The summed E-state index contributed by atoms with van der Waals surface area (Å²) in [5.41, 5.74) is 0. The summed E-state index contributed by atoms with van der Waals surface area (Å²) in [5, 5.41) is 8.90. The molecule has 0 N–H and O–H groups in total. The summed E-state index contributed by atoms with van der Waals surface area (Å²) in [6, 6.07) is 7.53. The molecule has 0 spiro atoms. The van der Waals surface area contributed by atoms with E-state index in [1.54, 1.807) is 6.07 Å². The molecule has 2 aromatic rings. The summed E-state index contributed by atoms with van der Waals surface area (Å²) in [6.07, 6.45) is 3.60. The molecule has 186 valence electrons. The molecular weight excluding hydrogens is 458 g/mol. The monoisotopic (exact) mass is 491 g/mol. The molecule has 2 saturated heterocycles. The first-order chi connectivity index (χ1) is 16.4. The molecule has 2 aliphatic heterocycles. The van der Waals surface area contributed by atoms with E-state index in [1.807, 2.05) is 12.1 Å². The lowest BCUT2D eigenvalue weighted by molar-refractivity contribution is 0.316. The van der Waals surface area contributed by atoms with E-state index in [4.69, 9.17) is 14.2 Å². The van der Waals surface area contributed by atoms with Crippen LogP contribution in [0, 0.1) is 0 Å². The molecule has 10 nitrogen and oxygen atoms in total. The van der Waals surface area contributed by atoms with Crippen LogP contribution in [0.5, 0.6) is 17.2 Å². The van der Waals surface area contributed by atoms with Crippen LogP contribution >= 0.6 is 0 Å². The molecule has 0 amide bonds. The van der Waals surface area contributed by atoms with Crippen molar-refractivity contribution in [2.45, 2.75) is 37.1 Å². The molecule has 2 aliphatic rings. The summed E-state index contributed by atoms with van der Waals surface area (Å²) in [5.74, 6) is 2.46. The Bertz CT molecular complexity index is 1090. The molecule has 1 atom stereocenters. The number of anilines is 2. The average molecular weight is 492 g/mol. The highest BCUT2D eigenvalue weighted by Crippen LogP contribution is 2.42. The number of benzene rings is 1. The summed E-state index contributed by atoms with van der Waals surface area (Å²) in [7, 11) is 0.571. The Labute approximate surface area is 201 Å². The van der Waals surface area contributed by atoms with Gasteiger partial charge in [-0.3, -0.25) is 0 Å². The van der Waals surface area contributed by atoms with Crippen LogP contribution in [0.25, 0.3) is 0 Å². The van der Waals surface area contributed by atoms with Crippen molar-refractivity contribution in [3.8, 4) is 17.2 Å². The van der Waals surface area contributed by atoms with Gasteiger partial charge in [0.25, 0.3) is 0 Å². The van der Waals surface area contributed by atoms with Gasteiger partial charge in [0.1, 0.15) is 4.90 Å². The van der Waals surface area contributed by atoms with Crippen LogP contribution in [0.2, 0.25) is 0 Å². The normalized spacial score (nSPS) is 19.7. The molecule has 1 aromatic carbocycles. The van der Waals surface area contributed by atoms with Crippen molar-refractivity contribution >= 4 is 21.7 Å². The molecule has 4 rings (SSSR count). The first-order valence-corrected chi connectivity index (χ1v) is 13.0. The largest absolute Gasteiger partial charge is 0.493 e. The molecule has 0 aliphatic carbocycles. The molecule has 11 heteroatoms. The van der Waals surface area contributed by atoms with Gasteiger partial charge in [0.15, 0.2) is 23.1 Å². The highest BCUT2D eigenvalue weighted by molar-refractivity contribution is 7.89. The molecule has 0 unspecified atom stereocenters. The van der Waals surface area contributed by atoms with Gasteiger partial charge in [0.2, 0.25) is 15.8 Å². The van der Waals surface area contributed by atoms with Crippen molar-refractivity contribution in [3.63, 3.8) is 0 Å². The summed E-state index contributed by atoms with van der Waals surface area (Å²) in [4.78, 5) is 4.43. The van der Waals surface area contributed by atoms with Crippen molar-refractivity contribution in [2.75, 3.05) is 63.9 Å². The van der Waals surface area contributed by atoms with Gasteiger partial charge >= 0.3 is 0 Å². The van der Waals surface area contributed by atoms with Gasteiger partial charge in [-0.05, 0) is 50.5 Å². The zero-order valence-electron chi connectivity index (χ0n) is 20.2. The van der Waals surface area contributed by atoms with Gasteiger partial charge < -0.3 is 24.0 Å². The number of methoxy groups -OCH3 is 3. The maximum atomic E-state index is 13.4. The van der Waals surface area contributed by atoms with E-state index in [0.717, 1.165) is 18.2 Å². The molecule has 0 saturated carbocycles. The SMILES string of the molecule is COc1ccc(S(=O)(=O)N2CCN(c3ccc(N4CCCC[C@H]4C)nn3)CC2)c(OC)c1OC. The highest BCUT2D eigenvalue weighted by Gasteiger charge is 2.33. The molecule has 0 bridgehead atoms. The zero-order valence-corrected chi connectivity index (χ0v) is 21.0. The number of aromatic nitrogens is 2. The Balaban J connectivity index is 1.46. The number of sulfonamides is 1. The predicted octanol–water partition coefficient (Wildman–Crippen LogP) is 2.39. The maximum Gasteiger partial charge on any atom is 0.247 e. The van der Waals surface area contributed by atoms with Crippen LogP contribution in [-0.2, 0) is 10.0 Å². The molecule has 1 aromatic heterocycles. The second-order valence-electron chi connectivity index (χ2n) is 8.51. The van der Waals surface area contributed by atoms with Gasteiger partial charge in [0, 0.05) is 38.8 Å². The number of piperazine rings is 1. The van der Waals surface area contributed by atoms with Crippen molar-refractivity contribution in [1.82, 2.24) is 14.5 Å². The number of piperidine rings is 1. The molecular formula is C23H33N5O5S. The third-order valence-corrected chi connectivity index (χ3v) is 8.50. The van der Waals surface area contributed by atoms with Crippen LogP contribution in [-0.4, -0.2) is 83.0 Å². The van der Waals surface area contributed by atoms with Crippen LogP contribution in [0.15, 0.2) is 29.2 Å². The fraction of sp³-hybridized carbons (Fsp3) is 0.565. The quantitative estimate of drug-likeness (QED) is 0.578. The molecule has 34 heavy (non-hydrogen) atoms. The minimum Gasteiger partial charge on any atom is -0.493 e. The number of hydrogen-bond donors (Lipinski definition) is 0. The van der Waals surface area contributed by atoms with Crippen molar-refractivity contribution in [3.05, 3.63) is 24.3 Å². The van der Waals surface area contributed by atoms with Crippen molar-refractivity contribution < 1.29 is 22.6 Å². The fourth-order valence-corrected chi connectivity index (χ4v) is 6.22. The van der Waals surface area contributed by atoms with E-state index < -0.39 is 10.0 Å². The van der Waals surface area contributed by atoms with E-state index in [1.165, 1.54) is 51.0 Å². The van der Waals surface area contributed by atoms with Crippen LogP contribution < -0.4 is 24.0 Å². The Hall–Kier alpha value is -2.79. The summed E-state index contributed by atoms with van der Waals surface area (Å²) >= 11 is 0. The van der Waals surface area contributed by atoms with E-state index in [0.29, 0.717) is 38.0 Å². The topological polar surface area (TPSA) is 97.3 Å². The Kier molecular flexibility index (Phi) is 7.32. The smallest absolute Gasteiger partial charge is 0.247 e. The van der Waals surface area contributed by atoms with E-state index in [-0.39, 0.29) is 16.4 Å². The number of hydrogen-bond acceptors (Lipinski definition) is 9. The summed E-state index contributed by atoms with van der Waals surface area (Å²) < 4.78 is 44.3. The number of nitrogens with zero attached hydrogens (tertiary/aromatic N) is 5. The van der Waals surface area contributed by atoms with E-state index in [9.17, 15) is 8.42 Å². The lowest BCUT2D eigenvalue weighted by Gasteiger charge is -2.36. The van der Waals surface area contributed by atoms with Crippen LogP contribution in [0.1, 0.15) is 26.2 Å². The first kappa shape index (κ1) is 24.3. The molecule has 3 heterocycles. The third kappa shape index (κ3) is 4.58. The standard InChI is InChI=1S/C23H33N5O5S/c1-17-7-5-6-12-28(17)21-11-10-20(24-25-21)26-13-15-27(16-14-26)34(29,30)19-9-8-18(31-2)22(32-3)23(19)33-4/h8-11,17H,5-7,12-16H2,1-4H3/t17-/m1/s1. The van der Waals surface area contributed by atoms with Gasteiger partial charge in [-0.2, -0.15) is 4.31 Å². The highest BCUT2D eigenvalue weighted by atomic mass is 32.2. The van der Waals surface area contributed by atoms with Crippen LogP contribution in [0.4, 0.5) is 11.6 Å². The van der Waals surface area contributed by atoms with E-state index >= 15 is 0 Å². The number of ether oxygens (including phenoxy) is 3. The van der Waals surface area contributed by atoms with Crippen LogP contribution in [0.3, 0.4) is 0 Å². The zero-order chi connectivity index (χ0) is 24.3. The Morgan fingerprint density at radius 1 is 0.824 bits per heavy atom. The fourth-order valence-electron chi connectivity index (χ4n) is 4.65. The predicted molar refractivity (Wildman–Crippen MR) is 130 cm³/mol. The number of rotatable bonds is 7. The van der Waals surface area contributed by atoms with Crippen molar-refractivity contribution in [2.24, 2.45) is 0 Å². The van der Waals surface area contributed by atoms with Gasteiger partial charge in [-0.25, -0.2) is 8.42 Å². The minimum absolute atomic E-state index is 0.0564. The lowest BCUT2D eigenvalue weighted by Crippen LogP contribution is -2.49. The second-order valence-corrected chi connectivity index (χ2v) is 10.4. The summed E-state index contributed by atoms with van der Waals surface area (Å²) in [6.45, 7) is 4.91. The van der Waals surface area contributed by atoms with Gasteiger partial charge in [-0.1, -0.05) is 0 Å². The van der Waals surface area contributed by atoms with Crippen molar-refractivity contribution in [1.29, 1.82) is 0 Å². The Morgan fingerprint density at radius 2 is 1.50 bits per heavy atom. The van der Waals surface area contributed by atoms with E-state index in [2.05, 4.69) is 26.9 Å². The minimum atomic E-state index is -3.79. The average Bonchev–Trinajstić information content (AvgIpc) is 2.88. The second kappa shape index (κ2) is 10.2. The lowest BCUT2D eigenvalue weighted by atomic mass is 10.0. The first-order valence-electron chi connectivity index (χ1n) is 11.5. The van der Waals surface area contributed by atoms with Gasteiger partial charge in [-0.15, -0.1) is 10.2 Å².